The Morgan fingerprint density at radius 1 is 1.37 bits per heavy atom. The minimum Gasteiger partial charge on any atom is -0.384 e. The van der Waals surface area contributed by atoms with Crippen molar-refractivity contribution in [2.24, 2.45) is 5.92 Å². The summed E-state index contributed by atoms with van der Waals surface area (Å²) >= 11 is 1.92. The third kappa shape index (κ3) is 3.77. The summed E-state index contributed by atoms with van der Waals surface area (Å²) in [4.78, 5) is 6.43. The lowest BCUT2D eigenvalue weighted by molar-refractivity contribution is 0.139. The quantitative estimate of drug-likeness (QED) is 0.833. The third-order valence-corrected chi connectivity index (χ3v) is 4.98. The van der Waals surface area contributed by atoms with Crippen LogP contribution in [0.2, 0.25) is 0 Å². The van der Waals surface area contributed by atoms with Gasteiger partial charge in [-0.25, -0.2) is 4.98 Å². The van der Waals surface area contributed by atoms with Gasteiger partial charge in [0.1, 0.15) is 5.01 Å². The second-order valence-electron chi connectivity index (χ2n) is 5.49. The topological polar surface area (TPSA) is 34.2 Å². The zero-order valence-corrected chi connectivity index (χ0v) is 13.2. The number of aromatic nitrogens is 1. The third-order valence-electron chi connectivity index (χ3n) is 3.74. The Hall–Kier alpha value is -0.450. The number of thiazole rings is 1. The highest BCUT2D eigenvalue weighted by Crippen LogP contribution is 2.32. The first-order valence-corrected chi connectivity index (χ1v) is 8.28. The van der Waals surface area contributed by atoms with E-state index < -0.39 is 0 Å². The SMILES string of the molecule is CCCNC(c1nc2c(s1)CCCC2)C(C)COC. The second kappa shape index (κ2) is 7.36. The average molecular weight is 282 g/mol. The Balaban J connectivity index is 2.14. The maximum atomic E-state index is 5.32. The molecule has 0 fully saturated rings. The van der Waals surface area contributed by atoms with Crippen molar-refractivity contribution >= 4 is 11.3 Å². The molecular formula is C15H26N2OS. The van der Waals surface area contributed by atoms with Gasteiger partial charge in [0, 0.05) is 17.9 Å². The predicted octanol–water partition coefficient (Wildman–Crippen LogP) is 3.35. The molecule has 0 amide bonds. The minimum absolute atomic E-state index is 0.343. The molecule has 0 radical (unpaired) electrons. The normalized spacial score (nSPS) is 18.1. The van der Waals surface area contributed by atoms with Crippen LogP contribution in [-0.4, -0.2) is 25.2 Å². The Morgan fingerprint density at radius 3 is 2.84 bits per heavy atom. The molecule has 4 heteroatoms. The second-order valence-corrected chi connectivity index (χ2v) is 6.61. The van der Waals surface area contributed by atoms with Crippen molar-refractivity contribution in [1.82, 2.24) is 10.3 Å². The Morgan fingerprint density at radius 2 is 2.16 bits per heavy atom. The molecule has 1 aromatic heterocycles. The molecule has 3 nitrogen and oxygen atoms in total. The molecule has 1 aromatic rings. The molecule has 1 aliphatic carbocycles. The zero-order chi connectivity index (χ0) is 13.7. The number of methoxy groups -OCH3 is 1. The first kappa shape index (κ1) is 14.9. The van der Waals surface area contributed by atoms with Gasteiger partial charge in [-0.3, -0.25) is 0 Å². The summed E-state index contributed by atoms with van der Waals surface area (Å²) in [6, 6.07) is 0.343. The van der Waals surface area contributed by atoms with Gasteiger partial charge in [0.05, 0.1) is 18.3 Å². The maximum absolute atomic E-state index is 5.32. The molecule has 0 spiro atoms. The fourth-order valence-corrected chi connectivity index (χ4v) is 4.06. The highest BCUT2D eigenvalue weighted by Gasteiger charge is 2.24. The highest BCUT2D eigenvalue weighted by molar-refractivity contribution is 7.11. The number of ether oxygens (including phenoxy) is 1. The van der Waals surface area contributed by atoms with Crippen LogP contribution in [0.5, 0.6) is 0 Å². The van der Waals surface area contributed by atoms with Gasteiger partial charge in [-0.05, 0) is 38.6 Å². The van der Waals surface area contributed by atoms with Gasteiger partial charge in [0.25, 0.3) is 0 Å². The van der Waals surface area contributed by atoms with E-state index >= 15 is 0 Å². The van der Waals surface area contributed by atoms with Crippen LogP contribution in [-0.2, 0) is 17.6 Å². The zero-order valence-electron chi connectivity index (χ0n) is 12.4. The molecule has 1 heterocycles. The predicted molar refractivity (Wildman–Crippen MR) is 80.8 cm³/mol. The number of hydrogen-bond acceptors (Lipinski definition) is 4. The van der Waals surface area contributed by atoms with Crippen molar-refractivity contribution in [3.63, 3.8) is 0 Å². The Labute approximate surface area is 120 Å². The molecule has 0 aliphatic heterocycles. The number of nitrogens with one attached hydrogen (secondary N) is 1. The van der Waals surface area contributed by atoms with Crippen LogP contribution in [0, 0.1) is 5.92 Å². The lowest BCUT2D eigenvalue weighted by Gasteiger charge is -2.22. The summed E-state index contributed by atoms with van der Waals surface area (Å²) in [5, 5.41) is 4.92. The number of hydrogen-bond donors (Lipinski definition) is 1. The standard InChI is InChI=1S/C15H26N2OS/c1-4-9-16-14(11(2)10-18-3)15-17-12-7-5-6-8-13(12)19-15/h11,14,16H,4-10H2,1-3H3. The van der Waals surface area contributed by atoms with Gasteiger partial charge >= 0.3 is 0 Å². The summed E-state index contributed by atoms with van der Waals surface area (Å²) in [6.07, 6.45) is 6.19. The fraction of sp³-hybridized carbons (Fsp3) is 0.800. The summed E-state index contributed by atoms with van der Waals surface area (Å²) < 4.78 is 5.32. The van der Waals surface area contributed by atoms with E-state index in [1.807, 2.05) is 11.3 Å². The van der Waals surface area contributed by atoms with Crippen LogP contribution >= 0.6 is 11.3 Å². The molecular weight excluding hydrogens is 256 g/mol. The van der Waals surface area contributed by atoms with Gasteiger partial charge in [-0.15, -0.1) is 11.3 Å². The van der Waals surface area contributed by atoms with Crippen LogP contribution in [0.15, 0.2) is 0 Å². The van der Waals surface area contributed by atoms with Crippen LogP contribution in [0.1, 0.15) is 54.7 Å². The maximum Gasteiger partial charge on any atom is 0.110 e. The van der Waals surface area contributed by atoms with E-state index in [0.29, 0.717) is 12.0 Å². The molecule has 0 aromatic carbocycles. The largest absolute Gasteiger partial charge is 0.384 e. The molecule has 19 heavy (non-hydrogen) atoms. The molecule has 1 N–H and O–H groups in total. The molecule has 2 atom stereocenters. The van der Waals surface area contributed by atoms with Crippen molar-refractivity contribution in [1.29, 1.82) is 0 Å². The number of fused-ring (bicyclic) bond motifs is 1. The van der Waals surface area contributed by atoms with E-state index in [1.54, 1.807) is 7.11 Å². The Kier molecular flexibility index (Phi) is 5.79. The lowest BCUT2D eigenvalue weighted by Crippen LogP contribution is -2.29. The van der Waals surface area contributed by atoms with E-state index in [9.17, 15) is 0 Å². The fourth-order valence-electron chi connectivity index (χ4n) is 2.70. The highest BCUT2D eigenvalue weighted by atomic mass is 32.1. The van der Waals surface area contributed by atoms with Gasteiger partial charge in [-0.1, -0.05) is 13.8 Å². The van der Waals surface area contributed by atoms with Gasteiger partial charge in [-0.2, -0.15) is 0 Å². The first-order chi connectivity index (χ1) is 9.26. The smallest absolute Gasteiger partial charge is 0.110 e. The van der Waals surface area contributed by atoms with Crippen molar-refractivity contribution in [2.45, 2.75) is 52.0 Å². The molecule has 108 valence electrons. The average Bonchev–Trinajstić information content (AvgIpc) is 2.83. The van der Waals surface area contributed by atoms with Gasteiger partial charge in [0.15, 0.2) is 0 Å². The molecule has 0 bridgehead atoms. The van der Waals surface area contributed by atoms with Crippen LogP contribution in [0.25, 0.3) is 0 Å². The van der Waals surface area contributed by atoms with Crippen LogP contribution in [0.4, 0.5) is 0 Å². The van der Waals surface area contributed by atoms with Gasteiger partial charge < -0.3 is 10.1 Å². The number of nitrogens with zero attached hydrogens (tertiary/aromatic N) is 1. The van der Waals surface area contributed by atoms with E-state index in [-0.39, 0.29) is 0 Å². The molecule has 0 saturated heterocycles. The van der Waals surface area contributed by atoms with Crippen molar-refractivity contribution < 1.29 is 4.74 Å². The van der Waals surface area contributed by atoms with Crippen molar-refractivity contribution in [3.05, 3.63) is 15.6 Å². The lowest BCUT2D eigenvalue weighted by atomic mass is 10.0. The molecule has 2 rings (SSSR count). The van der Waals surface area contributed by atoms with E-state index in [4.69, 9.17) is 9.72 Å². The summed E-state index contributed by atoms with van der Waals surface area (Å²) in [7, 11) is 1.78. The first-order valence-electron chi connectivity index (χ1n) is 7.47. The monoisotopic (exact) mass is 282 g/mol. The Bertz CT molecular complexity index is 368. The van der Waals surface area contributed by atoms with E-state index in [1.165, 1.54) is 41.3 Å². The molecule has 1 aliphatic rings. The van der Waals surface area contributed by atoms with Crippen LogP contribution < -0.4 is 5.32 Å². The van der Waals surface area contributed by atoms with Crippen LogP contribution in [0.3, 0.4) is 0 Å². The summed E-state index contributed by atoms with van der Waals surface area (Å²) in [5.74, 6) is 0.462. The molecule has 0 saturated carbocycles. The van der Waals surface area contributed by atoms with E-state index in [0.717, 1.165) is 19.6 Å². The van der Waals surface area contributed by atoms with E-state index in [2.05, 4.69) is 19.2 Å². The summed E-state index contributed by atoms with van der Waals surface area (Å²) in [6.45, 7) is 6.28. The summed E-state index contributed by atoms with van der Waals surface area (Å²) in [5.41, 5.74) is 1.36. The minimum atomic E-state index is 0.343. The number of rotatable bonds is 7. The molecule has 2 unspecified atom stereocenters. The number of aryl methyl sites for hydroxylation is 2. The van der Waals surface area contributed by atoms with Crippen molar-refractivity contribution in [3.8, 4) is 0 Å². The van der Waals surface area contributed by atoms with Gasteiger partial charge in [0.2, 0.25) is 0 Å². The van der Waals surface area contributed by atoms with Crippen molar-refractivity contribution in [2.75, 3.05) is 20.3 Å².